The Bertz CT molecular complexity index is 1020. The van der Waals surface area contributed by atoms with Crippen LogP contribution in [0.25, 0.3) is 10.8 Å². The predicted molar refractivity (Wildman–Crippen MR) is 117 cm³/mol. The highest BCUT2D eigenvalue weighted by Crippen LogP contribution is 2.34. The predicted octanol–water partition coefficient (Wildman–Crippen LogP) is 5.51. The number of benzene rings is 3. The Hall–Kier alpha value is -2.32. The number of hydrogen-bond acceptors (Lipinski definition) is 2. The van der Waals surface area contributed by atoms with Gasteiger partial charge in [0.15, 0.2) is 0 Å². The molecule has 1 atom stereocenters. The molecule has 28 heavy (non-hydrogen) atoms. The van der Waals surface area contributed by atoms with Crippen molar-refractivity contribution in [1.29, 1.82) is 0 Å². The summed E-state index contributed by atoms with van der Waals surface area (Å²) in [6.45, 7) is 3.90. The fourth-order valence-electron chi connectivity index (χ4n) is 5.21. The van der Waals surface area contributed by atoms with Crippen LogP contribution >= 0.6 is 0 Å². The molecular weight excluding hydrogens is 342 g/mol. The van der Waals surface area contributed by atoms with Crippen LogP contribution in [-0.4, -0.2) is 18.2 Å². The Kier molecular flexibility index (Phi) is 4.60. The van der Waals surface area contributed by atoms with Gasteiger partial charge in [-0.05, 0) is 96.2 Å². The van der Waals surface area contributed by atoms with Crippen LogP contribution in [0.5, 0.6) is 0 Å². The zero-order chi connectivity index (χ0) is 19.1. The molecule has 2 aliphatic rings. The van der Waals surface area contributed by atoms with Gasteiger partial charge < -0.3 is 10.0 Å². The van der Waals surface area contributed by atoms with E-state index in [9.17, 15) is 5.11 Å². The molecule has 144 valence electrons. The average Bonchev–Trinajstić information content (AvgIpc) is 2.74. The fraction of sp³-hybridized carbons (Fsp3) is 0.385. The van der Waals surface area contributed by atoms with Gasteiger partial charge in [-0.2, -0.15) is 0 Å². The maximum atomic E-state index is 11.0. The minimum Gasteiger partial charge on any atom is -0.387 e. The Morgan fingerprint density at radius 3 is 2.64 bits per heavy atom. The van der Waals surface area contributed by atoms with E-state index in [0.717, 1.165) is 24.9 Å². The summed E-state index contributed by atoms with van der Waals surface area (Å²) in [5.41, 5.74) is 8.15. The zero-order valence-corrected chi connectivity index (χ0v) is 16.7. The zero-order valence-electron chi connectivity index (χ0n) is 16.7. The van der Waals surface area contributed by atoms with Crippen LogP contribution in [0.1, 0.15) is 53.2 Å². The van der Waals surface area contributed by atoms with Gasteiger partial charge in [-0.3, -0.25) is 0 Å². The number of rotatable bonds is 3. The lowest BCUT2D eigenvalue weighted by molar-refractivity contribution is 0.183. The highest BCUT2D eigenvalue weighted by Gasteiger charge is 2.21. The van der Waals surface area contributed by atoms with Crippen LogP contribution in [0.15, 0.2) is 48.5 Å². The van der Waals surface area contributed by atoms with E-state index >= 15 is 0 Å². The minimum absolute atomic E-state index is 0.467. The van der Waals surface area contributed by atoms with Crippen molar-refractivity contribution in [2.45, 2.75) is 51.6 Å². The molecule has 0 aromatic heterocycles. The lowest BCUT2D eigenvalue weighted by Gasteiger charge is -2.33. The van der Waals surface area contributed by atoms with Crippen molar-refractivity contribution < 1.29 is 5.11 Å². The largest absolute Gasteiger partial charge is 0.387 e. The molecule has 2 heteroatoms. The number of aliphatic hydroxyl groups excluding tert-OH is 1. The molecular formula is C26H29NO. The number of β-amino-alcohol motifs (C(OH)–C–C–N with tert-alkyl or cyclic N) is 1. The van der Waals surface area contributed by atoms with Crippen molar-refractivity contribution in [3.8, 4) is 0 Å². The van der Waals surface area contributed by atoms with Gasteiger partial charge in [-0.1, -0.05) is 36.4 Å². The van der Waals surface area contributed by atoms with Crippen LogP contribution in [0, 0.1) is 6.92 Å². The Balaban J connectivity index is 1.46. The summed E-state index contributed by atoms with van der Waals surface area (Å²) >= 11 is 0. The average molecular weight is 372 g/mol. The van der Waals surface area contributed by atoms with Crippen molar-refractivity contribution in [1.82, 2.24) is 0 Å². The quantitative estimate of drug-likeness (QED) is 0.656. The number of nitrogens with zero attached hydrogens (tertiary/aromatic N) is 1. The standard InChI is InChI=1S/C26H29NO/c1-18-15-20-8-2-4-10-22(20)23-13-12-21(16-24(18)23)26(28)17-27-14-6-9-19-7-3-5-11-25(19)27/h3,5,7,11-13,15-16,26,28H,2,4,6,8-10,14,17H2,1H3. The first-order valence-electron chi connectivity index (χ1n) is 10.8. The summed E-state index contributed by atoms with van der Waals surface area (Å²) in [7, 11) is 0. The summed E-state index contributed by atoms with van der Waals surface area (Å²) in [6.07, 6.45) is 6.85. The maximum Gasteiger partial charge on any atom is 0.0965 e. The number of hydrogen-bond donors (Lipinski definition) is 1. The van der Waals surface area contributed by atoms with E-state index < -0.39 is 6.10 Å². The topological polar surface area (TPSA) is 23.5 Å². The molecule has 2 nitrogen and oxygen atoms in total. The van der Waals surface area contributed by atoms with E-state index in [4.69, 9.17) is 0 Å². The number of aliphatic hydroxyl groups is 1. The molecule has 0 radical (unpaired) electrons. The smallest absolute Gasteiger partial charge is 0.0965 e. The molecule has 3 aromatic rings. The Morgan fingerprint density at radius 1 is 0.893 bits per heavy atom. The van der Waals surface area contributed by atoms with Crippen LogP contribution in [0.3, 0.4) is 0 Å². The SMILES string of the molecule is Cc1cc2c(c3ccc(C(O)CN4CCCc5ccccc54)cc13)CCCC2. The van der Waals surface area contributed by atoms with Gasteiger partial charge in [0.1, 0.15) is 0 Å². The third kappa shape index (κ3) is 3.10. The summed E-state index contributed by atoms with van der Waals surface area (Å²) in [6, 6.07) is 17.7. The first kappa shape index (κ1) is 17.8. The fourth-order valence-corrected chi connectivity index (χ4v) is 5.21. The van der Waals surface area contributed by atoms with E-state index in [1.54, 1.807) is 0 Å². The molecule has 1 heterocycles. The maximum absolute atomic E-state index is 11.0. The number of fused-ring (bicyclic) bond motifs is 4. The lowest BCUT2D eigenvalue weighted by atomic mass is 9.85. The highest BCUT2D eigenvalue weighted by atomic mass is 16.3. The first-order valence-corrected chi connectivity index (χ1v) is 10.8. The number of para-hydroxylation sites is 1. The number of anilines is 1. The van der Waals surface area contributed by atoms with E-state index in [-0.39, 0.29) is 0 Å². The summed E-state index contributed by atoms with van der Waals surface area (Å²) in [4.78, 5) is 2.35. The van der Waals surface area contributed by atoms with Gasteiger partial charge in [-0.25, -0.2) is 0 Å². The van der Waals surface area contributed by atoms with Crippen molar-refractivity contribution in [3.05, 3.63) is 76.3 Å². The minimum atomic E-state index is -0.467. The first-order chi connectivity index (χ1) is 13.7. The molecule has 1 aliphatic carbocycles. The third-order valence-corrected chi connectivity index (χ3v) is 6.68. The van der Waals surface area contributed by atoms with Crippen LogP contribution < -0.4 is 4.90 Å². The van der Waals surface area contributed by atoms with Crippen molar-refractivity contribution in [2.24, 2.45) is 0 Å². The summed E-state index contributed by atoms with van der Waals surface area (Å²) in [5, 5.41) is 13.8. The van der Waals surface area contributed by atoms with Gasteiger partial charge in [0.25, 0.3) is 0 Å². The van der Waals surface area contributed by atoms with E-state index in [0.29, 0.717) is 6.54 Å². The van der Waals surface area contributed by atoms with Crippen molar-refractivity contribution >= 4 is 16.5 Å². The van der Waals surface area contributed by atoms with Crippen LogP contribution in [0.4, 0.5) is 5.69 Å². The molecule has 0 spiro atoms. The normalized spacial score (nSPS) is 17.3. The van der Waals surface area contributed by atoms with Crippen LogP contribution in [-0.2, 0) is 19.3 Å². The van der Waals surface area contributed by atoms with Gasteiger partial charge in [0, 0.05) is 18.8 Å². The van der Waals surface area contributed by atoms with E-state index in [1.807, 2.05) is 0 Å². The Morgan fingerprint density at radius 2 is 1.71 bits per heavy atom. The molecule has 1 N–H and O–H groups in total. The van der Waals surface area contributed by atoms with Crippen molar-refractivity contribution in [3.63, 3.8) is 0 Å². The Labute approximate surface area is 167 Å². The molecule has 1 aliphatic heterocycles. The second-order valence-corrected chi connectivity index (χ2v) is 8.54. The van der Waals surface area contributed by atoms with E-state index in [2.05, 4.69) is 60.4 Å². The van der Waals surface area contributed by atoms with Gasteiger partial charge in [0.2, 0.25) is 0 Å². The molecule has 3 aromatic carbocycles. The van der Waals surface area contributed by atoms with Crippen LogP contribution in [0.2, 0.25) is 0 Å². The molecule has 0 bridgehead atoms. The van der Waals surface area contributed by atoms with Gasteiger partial charge >= 0.3 is 0 Å². The molecule has 0 saturated heterocycles. The highest BCUT2D eigenvalue weighted by molar-refractivity contribution is 5.90. The second kappa shape index (κ2) is 7.25. The molecule has 5 rings (SSSR count). The summed E-state index contributed by atoms with van der Waals surface area (Å²) < 4.78 is 0. The third-order valence-electron chi connectivity index (χ3n) is 6.68. The molecule has 0 amide bonds. The van der Waals surface area contributed by atoms with Gasteiger partial charge in [-0.15, -0.1) is 0 Å². The van der Waals surface area contributed by atoms with Gasteiger partial charge in [0.05, 0.1) is 6.10 Å². The molecule has 0 saturated carbocycles. The van der Waals surface area contributed by atoms with Crippen molar-refractivity contribution in [2.75, 3.05) is 18.0 Å². The lowest BCUT2D eigenvalue weighted by Crippen LogP contribution is -2.33. The van der Waals surface area contributed by atoms with E-state index in [1.165, 1.54) is 64.4 Å². The monoisotopic (exact) mass is 371 g/mol. The molecule has 0 fully saturated rings. The molecule has 1 unspecified atom stereocenters. The number of aryl methyl sites for hydroxylation is 4. The summed E-state index contributed by atoms with van der Waals surface area (Å²) in [5.74, 6) is 0. The second-order valence-electron chi connectivity index (χ2n) is 8.54.